The largest absolute Gasteiger partial charge is 0.495 e. The van der Waals surface area contributed by atoms with E-state index in [1.807, 2.05) is 19.9 Å². The van der Waals surface area contributed by atoms with Crippen molar-refractivity contribution < 1.29 is 13.2 Å². The van der Waals surface area contributed by atoms with E-state index in [0.717, 1.165) is 35.4 Å². The molecule has 2 aromatic rings. The van der Waals surface area contributed by atoms with Gasteiger partial charge in [0, 0.05) is 7.05 Å². The van der Waals surface area contributed by atoms with E-state index in [2.05, 4.69) is 17.1 Å². The topological polar surface area (TPSA) is 75.3 Å². The Labute approximate surface area is 143 Å². The van der Waals surface area contributed by atoms with E-state index in [-0.39, 0.29) is 11.4 Å². The standard InChI is InChI=1S/C17H25N3O3S/c1-6-7-14-10-15(19-18-14)11-20(4)24(21,22)17-9-13(3)12(2)8-16(17)23-5/h8-10H,6-7,11H2,1-5H3,(H,18,19). The van der Waals surface area contributed by atoms with E-state index in [9.17, 15) is 8.42 Å². The van der Waals surface area contributed by atoms with Gasteiger partial charge in [-0.05, 0) is 49.6 Å². The number of benzene rings is 1. The maximum Gasteiger partial charge on any atom is 0.246 e. The van der Waals surface area contributed by atoms with Crippen molar-refractivity contribution >= 4 is 10.0 Å². The summed E-state index contributed by atoms with van der Waals surface area (Å²) in [5, 5.41) is 7.11. The molecule has 24 heavy (non-hydrogen) atoms. The molecule has 1 heterocycles. The fraction of sp³-hybridized carbons (Fsp3) is 0.471. The van der Waals surface area contributed by atoms with E-state index >= 15 is 0 Å². The number of H-pyrrole nitrogens is 1. The van der Waals surface area contributed by atoms with Crippen molar-refractivity contribution in [3.63, 3.8) is 0 Å². The monoisotopic (exact) mass is 351 g/mol. The number of aromatic amines is 1. The summed E-state index contributed by atoms with van der Waals surface area (Å²) in [4.78, 5) is 0.184. The number of hydrogen-bond acceptors (Lipinski definition) is 4. The number of rotatable bonds is 7. The summed E-state index contributed by atoms with van der Waals surface area (Å²) in [5.41, 5.74) is 3.62. The highest BCUT2D eigenvalue weighted by Crippen LogP contribution is 2.29. The van der Waals surface area contributed by atoms with Gasteiger partial charge in [-0.15, -0.1) is 0 Å². The van der Waals surface area contributed by atoms with Gasteiger partial charge in [-0.25, -0.2) is 8.42 Å². The van der Waals surface area contributed by atoms with Crippen molar-refractivity contribution in [2.75, 3.05) is 14.2 Å². The third-order valence-corrected chi connectivity index (χ3v) is 5.88. The Morgan fingerprint density at radius 2 is 1.88 bits per heavy atom. The van der Waals surface area contributed by atoms with Crippen molar-refractivity contribution in [1.82, 2.24) is 14.5 Å². The van der Waals surface area contributed by atoms with Gasteiger partial charge in [0.15, 0.2) is 0 Å². The number of nitrogens with one attached hydrogen (secondary N) is 1. The average molecular weight is 351 g/mol. The van der Waals surface area contributed by atoms with Crippen LogP contribution in [0.2, 0.25) is 0 Å². The van der Waals surface area contributed by atoms with E-state index in [1.165, 1.54) is 11.4 Å². The summed E-state index contributed by atoms with van der Waals surface area (Å²) < 4.78 is 32.4. The molecule has 0 unspecified atom stereocenters. The highest BCUT2D eigenvalue weighted by molar-refractivity contribution is 7.89. The fourth-order valence-electron chi connectivity index (χ4n) is 2.49. The van der Waals surface area contributed by atoms with Crippen LogP contribution in [0.15, 0.2) is 23.1 Å². The number of hydrogen-bond donors (Lipinski definition) is 1. The average Bonchev–Trinajstić information content (AvgIpc) is 2.96. The van der Waals surface area contributed by atoms with Gasteiger partial charge >= 0.3 is 0 Å². The summed E-state index contributed by atoms with van der Waals surface area (Å²) in [6.45, 7) is 6.13. The number of aromatic nitrogens is 2. The molecule has 0 bridgehead atoms. The molecule has 6 nitrogen and oxygen atoms in total. The summed E-state index contributed by atoms with van der Waals surface area (Å²) >= 11 is 0. The maximum absolute atomic E-state index is 12.9. The molecule has 0 saturated carbocycles. The molecule has 0 spiro atoms. The van der Waals surface area contributed by atoms with Gasteiger partial charge in [-0.3, -0.25) is 5.10 Å². The number of methoxy groups -OCH3 is 1. The first-order chi connectivity index (χ1) is 11.3. The van der Waals surface area contributed by atoms with E-state index in [1.54, 1.807) is 19.2 Å². The molecule has 0 atom stereocenters. The van der Waals surface area contributed by atoms with Gasteiger partial charge < -0.3 is 4.74 Å². The Kier molecular flexibility index (Phi) is 5.66. The number of aryl methyl sites for hydroxylation is 3. The molecule has 0 saturated heterocycles. The molecule has 0 aliphatic carbocycles. The minimum Gasteiger partial charge on any atom is -0.495 e. The van der Waals surface area contributed by atoms with Gasteiger partial charge in [-0.1, -0.05) is 13.3 Å². The zero-order valence-electron chi connectivity index (χ0n) is 14.9. The molecule has 0 fully saturated rings. The van der Waals surface area contributed by atoms with Crippen LogP contribution in [0.1, 0.15) is 35.9 Å². The second-order valence-corrected chi connectivity index (χ2v) is 8.00. The molecule has 1 aromatic heterocycles. The molecule has 132 valence electrons. The predicted molar refractivity (Wildman–Crippen MR) is 93.7 cm³/mol. The Morgan fingerprint density at radius 1 is 1.21 bits per heavy atom. The third kappa shape index (κ3) is 3.79. The van der Waals surface area contributed by atoms with Crippen LogP contribution >= 0.6 is 0 Å². The van der Waals surface area contributed by atoms with Crippen LogP contribution in [0.5, 0.6) is 5.75 Å². The smallest absolute Gasteiger partial charge is 0.246 e. The van der Waals surface area contributed by atoms with E-state index < -0.39 is 10.0 Å². The lowest BCUT2D eigenvalue weighted by Gasteiger charge is -2.19. The molecule has 1 N–H and O–H groups in total. The van der Waals surface area contributed by atoms with Crippen LogP contribution in [0.4, 0.5) is 0 Å². The predicted octanol–water partition coefficient (Wildman–Crippen LogP) is 2.81. The Hall–Kier alpha value is -1.86. The molecule has 0 aliphatic heterocycles. The zero-order chi connectivity index (χ0) is 17.9. The first kappa shape index (κ1) is 18.5. The van der Waals surface area contributed by atoms with Gasteiger partial charge in [0.05, 0.1) is 25.0 Å². The van der Waals surface area contributed by atoms with Crippen molar-refractivity contribution in [2.45, 2.75) is 45.1 Å². The zero-order valence-corrected chi connectivity index (χ0v) is 15.7. The molecule has 0 aliphatic rings. The van der Waals surface area contributed by atoms with Crippen molar-refractivity contribution in [3.05, 3.63) is 40.7 Å². The highest BCUT2D eigenvalue weighted by Gasteiger charge is 2.26. The van der Waals surface area contributed by atoms with Crippen LogP contribution in [-0.4, -0.2) is 37.1 Å². The lowest BCUT2D eigenvalue weighted by Crippen LogP contribution is -2.27. The van der Waals surface area contributed by atoms with Crippen molar-refractivity contribution in [1.29, 1.82) is 0 Å². The molecule has 2 rings (SSSR count). The maximum atomic E-state index is 12.9. The molecule has 7 heteroatoms. The van der Waals surface area contributed by atoms with Crippen LogP contribution in [0.3, 0.4) is 0 Å². The SMILES string of the molecule is CCCc1cc(CN(C)S(=O)(=O)c2cc(C)c(C)cc2OC)[nH]n1. The summed E-state index contributed by atoms with van der Waals surface area (Å²) in [7, 11) is -0.621. The van der Waals surface area contributed by atoms with Crippen LogP contribution in [0.25, 0.3) is 0 Å². The Balaban J connectivity index is 2.30. The molecular weight excluding hydrogens is 326 g/mol. The molecular formula is C17H25N3O3S. The van der Waals surface area contributed by atoms with Crippen LogP contribution in [-0.2, 0) is 23.0 Å². The summed E-state index contributed by atoms with van der Waals surface area (Å²) in [5.74, 6) is 0.362. The van der Waals surface area contributed by atoms with E-state index in [4.69, 9.17) is 4.74 Å². The van der Waals surface area contributed by atoms with Crippen LogP contribution in [0, 0.1) is 13.8 Å². The van der Waals surface area contributed by atoms with Gasteiger partial charge in [0.2, 0.25) is 10.0 Å². The fourth-order valence-corrected chi connectivity index (χ4v) is 3.86. The summed E-state index contributed by atoms with van der Waals surface area (Å²) in [6.07, 6.45) is 1.87. The highest BCUT2D eigenvalue weighted by atomic mass is 32.2. The van der Waals surface area contributed by atoms with Gasteiger partial charge in [-0.2, -0.15) is 9.40 Å². The molecule has 0 amide bonds. The molecule has 0 radical (unpaired) electrons. The van der Waals surface area contributed by atoms with Crippen LogP contribution < -0.4 is 4.74 Å². The number of sulfonamides is 1. The lowest BCUT2D eigenvalue weighted by molar-refractivity contribution is 0.396. The Bertz CT molecular complexity index is 812. The Morgan fingerprint density at radius 3 is 2.50 bits per heavy atom. The second-order valence-electron chi connectivity index (χ2n) is 5.98. The van der Waals surface area contributed by atoms with Crippen molar-refractivity contribution in [3.8, 4) is 5.75 Å². The van der Waals surface area contributed by atoms with Crippen molar-refractivity contribution in [2.24, 2.45) is 0 Å². The van der Waals surface area contributed by atoms with Gasteiger partial charge in [0.1, 0.15) is 10.6 Å². The quantitative estimate of drug-likeness (QED) is 0.832. The van der Waals surface area contributed by atoms with E-state index in [0.29, 0.717) is 5.75 Å². The normalized spacial score (nSPS) is 11.9. The first-order valence-corrected chi connectivity index (χ1v) is 9.38. The number of nitrogens with zero attached hydrogens (tertiary/aromatic N) is 2. The number of ether oxygens (including phenoxy) is 1. The lowest BCUT2D eigenvalue weighted by atomic mass is 10.1. The third-order valence-electron chi connectivity index (χ3n) is 4.05. The molecule has 1 aromatic carbocycles. The first-order valence-electron chi connectivity index (χ1n) is 7.94. The second kappa shape index (κ2) is 7.36. The van der Waals surface area contributed by atoms with Gasteiger partial charge in [0.25, 0.3) is 0 Å². The minimum absolute atomic E-state index is 0.184. The minimum atomic E-state index is -3.66. The summed E-state index contributed by atoms with van der Waals surface area (Å²) in [6, 6.07) is 5.33.